The Labute approximate surface area is 105 Å². The second kappa shape index (κ2) is 4.46. The lowest BCUT2D eigenvalue weighted by molar-refractivity contribution is -0.148. The molecule has 96 valence electrons. The standard InChI is InChI=1S/C14H16O4/c1-7-5-8(2)11-10(6-7)18-9(3)12(11)13(17-4)14(15)16/h5-6,13H,1-4H3,(H,15,16). The molecular weight excluding hydrogens is 232 g/mol. The zero-order valence-corrected chi connectivity index (χ0v) is 10.9. The van der Waals surface area contributed by atoms with Gasteiger partial charge in [0.05, 0.1) is 0 Å². The second-order valence-corrected chi connectivity index (χ2v) is 4.48. The Morgan fingerprint density at radius 1 is 1.33 bits per heavy atom. The van der Waals surface area contributed by atoms with Gasteiger partial charge in [-0.15, -0.1) is 0 Å². The summed E-state index contributed by atoms with van der Waals surface area (Å²) in [5.41, 5.74) is 3.41. The average molecular weight is 248 g/mol. The Morgan fingerprint density at radius 2 is 2.00 bits per heavy atom. The number of aliphatic carboxylic acids is 1. The topological polar surface area (TPSA) is 59.7 Å². The number of benzene rings is 1. The summed E-state index contributed by atoms with van der Waals surface area (Å²) < 4.78 is 10.7. The molecule has 0 aliphatic carbocycles. The van der Waals surface area contributed by atoms with Gasteiger partial charge in [0, 0.05) is 18.1 Å². The van der Waals surface area contributed by atoms with Gasteiger partial charge in [-0.05, 0) is 38.0 Å². The molecule has 0 bridgehead atoms. The second-order valence-electron chi connectivity index (χ2n) is 4.48. The van der Waals surface area contributed by atoms with Gasteiger partial charge in [0.1, 0.15) is 11.3 Å². The van der Waals surface area contributed by atoms with Gasteiger partial charge in [-0.3, -0.25) is 0 Å². The number of carboxylic acid groups (broad SMARTS) is 1. The highest BCUT2D eigenvalue weighted by Gasteiger charge is 2.27. The zero-order chi connectivity index (χ0) is 13.4. The number of ether oxygens (including phenoxy) is 1. The van der Waals surface area contributed by atoms with Gasteiger partial charge < -0.3 is 14.3 Å². The highest BCUT2D eigenvalue weighted by Crippen LogP contribution is 2.35. The van der Waals surface area contributed by atoms with E-state index < -0.39 is 12.1 Å². The summed E-state index contributed by atoms with van der Waals surface area (Å²) in [6.07, 6.45) is -0.993. The Bertz CT molecular complexity index is 610. The maximum atomic E-state index is 11.2. The molecule has 0 aliphatic rings. The van der Waals surface area contributed by atoms with Crippen LogP contribution in [0.15, 0.2) is 16.5 Å². The van der Waals surface area contributed by atoms with E-state index in [4.69, 9.17) is 9.15 Å². The van der Waals surface area contributed by atoms with Crippen LogP contribution >= 0.6 is 0 Å². The van der Waals surface area contributed by atoms with E-state index in [0.29, 0.717) is 16.9 Å². The quantitative estimate of drug-likeness (QED) is 0.906. The van der Waals surface area contributed by atoms with Crippen LogP contribution in [0.4, 0.5) is 0 Å². The minimum atomic E-state index is -1.01. The van der Waals surface area contributed by atoms with E-state index >= 15 is 0 Å². The van der Waals surface area contributed by atoms with Gasteiger partial charge in [-0.1, -0.05) is 6.07 Å². The predicted octanol–water partition coefficient (Wildman–Crippen LogP) is 3.13. The molecule has 0 saturated carbocycles. The van der Waals surface area contributed by atoms with Gasteiger partial charge in [0.2, 0.25) is 0 Å². The summed E-state index contributed by atoms with van der Waals surface area (Å²) in [7, 11) is 1.39. The molecule has 0 saturated heterocycles. The van der Waals surface area contributed by atoms with Crippen LogP contribution in [0.3, 0.4) is 0 Å². The van der Waals surface area contributed by atoms with Crippen molar-refractivity contribution in [2.75, 3.05) is 7.11 Å². The van der Waals surface area contributed by atoms with E-state index in [1.807, 2.05) is 26.0 Å². The van der Waals surface area contributed by atoms with Gasteiger partial charge in [0.25, 0.3) is 0 Å². The largest absolute Gasteiger partial charge is 0.479 e. The van der Waals surface area contributed by atoms with Crippen molar-refractivity contribution in [1.29, 1.82) is 0 Å². The number of hydrogen-bond donors (Lipinski definition) is 1. The molecule has 1 aromatic carbocycles. The molecule has 0 aliphatic heterocycles. The molecule has 2 aromatic rings. The summed E-state index contributed by atoms with van der Waals surface area (Å²) in [5.74, 6) is -0.420. The molecule has 1 atom stereocenters. The summed E-state index contributed by atoms with van der Waals surface area (Å²) in [6, 6.07) is 3.92. The van der Waals surface area contributed by atoms with E-state index in [1.54, 1.807) is 6.92 Å². The van der Waals surface area contributed by atoms with Gasteiger partial charge in [0.15, 0.2) is 6.10 Å². The van der Waals surface area contributed by atoms with E-state index in [2.05, 4.69) is 0 Å². The third-order valence-corrected chi connectivity index (χ3v) is 3.08. The summed E-state index contributed by atoms with van der Waals surface area (Å²) in [5, 5.41) is 10.0. The van der Waals surface area contributed by atoms with E-state index in [-0.39, 0.29) is 0 Å². The smallest absolute Gasteiger partial charge is 0.337 e. The monoisotopic (exact) mass is 248 g/mol. The van der Waals surface area contributed by atoms with Crippen LogP contribution in [0.1, 0.15) is 28.6 Å². The van der Waals surface area contributed by atoms with Crippen LogP contribution in [0.25, 0.3) is 11.0 Å². The number of furan rings is 1. The van der Waals surface area contributed by atoms with Crippen LogP contribution in [0.2, 0.25) is 0 Å². The van der Waals surface area contributed by atoms with Crippen molar-refractivity contribution in [1.82, 2.24) is 0 Å². The van der Waals surface area contributed by atoms with Crippen molar-refractivity contribution in [2.24, 2.45) is 0 Å². The maximum absolute atomic E-state index is 11.2. The van der Waals surface area contributed by atoms with Crippen molar-refractivity contribution in [3.8, 4) is 0 Å². The molecule has 1 aromatic heterocycles. The van der Waals surface area contributed by atoms with Crippen LogP contribution in [0, 0.1) is 20.8 Å². The van der Waals surface area contributed by atoms with Crippen molar-refractivity contribution in [3.63, 3.8) is 0 Å². The molecule has 0 radical (unpaired) electrons. The van der Waals surface area contributed by atoms with E-state index in [0.717, 1.165) is 16.5 Å². The Balaban J connectivity index is 2.78. The van der Waals surface area contributed by atoms with Crippen molar-refractivity contribution >= 4 is 16.9 Å². The summed E-state index contributed by atoms with van der Waals surface area (Å²) in [6.45, 7) is 5.69. The normalized spacial score (nSPS) is 12.9. The lowest BCUT2D eigenvalue weighted by atomic mass is 10.00. The molecular formula is C14H16O4. The SMILES string of the molecule is COC(C(=O)O)c1c(C)oc2cc(C)cc(C)c12. The lowest BCUT2D eigenvalue weighted by Crippen LogP contribution is -2.14. The maximum Gasteiger partial charge on any atom is 0.337 e. The van der Waals surface area contributed by atoms with Crippen LogP contribution in [0.5, 0.6) is 0 Å². The Kier molecular flexibility index (Phi) is 3.13. The van der Waals surface area contributed by atoms with E-state index in [1.165, 1.54) is 7.11 Å². The van der Waals surface area contributed by atoms with Crippen molar-refractivity contribution in [2.45, 2.75) is 26.9 Å². The number of hydrogen-bond acceptors (Lipinski definition) is 3. The Hall–Kier alpha value is -1.81. The molecule has 1 unspecified atom stereocenters. The third kappa shape index (κ3) is 1.88. The molecule has 4 nitrogen and oxygen atoms in total. The molecule has 1 N–H and O–H groups in total. The van der Waals surface area contributed by atoms with Crippen LogP contribution < -0.4 is 0 Å². The van der Waals surface area contributed by atoms with Crippen molar-refractivity contribution in [3.05, 3.63) is 34.6 Å². The first-order valence-electron chi connectivity index (χ1n) is 5.71. The zero-order valence-electron chi connectivity index (χ0n) is 10.9. The number of methoxy groups -OCH3 is 1. The van der Waals surface area contributed by atoms with E-state index in [9.17, 15) is 9.90 Å². The van der Waals surface area contributed by atoms with Crippen LogP contribution in [-0.4, -0.2) is 18.2 Å². The fraction of sp³-hybridized carbons (Fsp3) is 0.357. The van der Waals surface area contributed by atoms with Crippen molar-refractivity contribution < 1.29 is 19.1 Å². The molecule has 2 rings (SSSR count). The van der Waals surface area contributed by atoms with Gasteiger partial charge in [-0.25, -0.2) is 4.79 Å². The molecule has 18 heavy (non-hydrogen) atoms. The number of rotatable bonds is 3. The molecule has 4 heteroatoms. The van der Waals surface area contributed by atoms with Gasteiger partial charge in [-0.2, -0.15) is 0 Å². The predicted molar refractivity (Wildman–Crippen MR) is 67.8 cm³/mol. The summed E-state index contributed by atoms with van der Waals surface area (Å²) >= 11 is 0. The molecule has 0 amide bonds. The first-order chi connectivity index (χ1) is 8.45. The minimum absolute atomic E-state index is 0.591. The highest BCUT2D eigenvalue weighted by molar-refractivity contribution is 5.91. The number of carbonyl (C=O) groups is 1. The highest BCUT2D eigenvalue weighted by atomic mass is 16.5. The molecule has 1 heterocycles. The number of aryl methyl sites for hydroxylation is 3. The third-order valence-electron chi connectivity index (χ3n) is 3.08. The fourth-order valence-corrected chi connectivity index (χ4v) is 2.41. The first kappa shape index (κ1) is 12.6. The minimum Gasteiger partial charge on any atom is -0.479 e. The first-order valence-corrected chi connectivity index (χ1v) is 5.71. The average Bonchev–Trinajstić information content (AvgIpc) is 2.56. The molecule has 0 fully saturated rings. The number of fused-ring (bicyclic) bond motifs is 1. The lowest BCUT2D eigenvalue weighted by Gasteiger charge is -2.11. The summed E-state index contributed by atoms with van der Waals surface area (Å²) in [4.78, 5) is 11.2. The Morgan fingerprint density at radius 3 is 2.56 bits per heavy atom. The van der Waals surface area contributed by atoms with Gasteiger partial charge >= 0.3 is 5.97 Å². The number of carboxylic acids is 1. The molecule has 0 spiro atoms. The fourth-order valence-electron chi connectivity index (χ4n) is 2.41. The van der Waals surface area contributed by atoms with Crippen LogP contribution in [-0.2, 0) is 9.53 Å².